The van der Waals surface area contributed by atoms with Gasteiger partial charge >= 0.3 is 0 Å². The van der Waals surface area contributed by atoms with Crippen molar-refractivity contribution in [2.75, 3.05) is 7.11 Å². The summed E-state index contributed by atoms with van der Waals surface area (Å²) < 4.78 is 19.1. The van der Waals surface area contributed by atoms with E-state index in [1.54, 1.807) is 0 Å². The molecule has 3 rings (SSSR count). The first kappa shape index (κ1) is 12.0. The number of para-hydroxylation sites is 2. The van der Waals surface area contributed by atoms with Gasteiger partial charge in [-0.15, -0.1) is 0 Å². The van der Waals surface area contributed by atoms with Crippen molar-refractivity contribution in [1.29, 1.82) is 0 Å². The molecule has 3 nitrogen and oxygen atoms in total. The van der Waals surface area contributed by atoms with Crippen LogP contribution in [0.5, 0.6) is 5.75 Å². The summed E-state index contributed by atoms with van der Waals surface area (Å²) in [4.78, 5) is 7.40. The molecule has 1 heterocycles. The highest BCUT2D eigenvalue weighted by atomic mass is 35.5. The van der Waals surface area contributed by atoms with Gasteiger partial charge in [0.05, 0.1) is 28.7 Å². The lowest BCUT2D eigenvalue weighted by Crippen LogP contribution is -1.92. The summed E-state index contributed by atoms with van der Waals surface area (Å²) in [6.45, 7) is 0. The van der Waals surface area contributed by atoms with E-state index >= 15 is 0 Å². The Morgan fingerprint density at radius 1 is 1.21 bits per heavy atom. The highest BCUT2D eigenvalue weighted by Gasteiger charge is 2.17. The lowest BCUT2D eigenvalue weighted by atomic mass is 10.2. The molecule has 0 aliphatic carbocycles. The van der Waals surface area contributed by atoms with Crippen molar-refractivity contribution in [3.05, 3.63) is 47.2 Å². The van der Waals surface area contributed by atoms with E-state index in [4.69, 9.17) is 16.3 Å². The topological polar surface area (TPSA) is 37.9 Å². The van der Waals surface area contributed by atoms with Gasteiger partial charge < -0.3 is 9.72 Å². The maximum atomic E-state index is 14.0. The first-order chi connectivity index (χ1) is 9.20. The first-order valence-corrected chi connectivity index (χ1v) is 6.05. The molecule has 0 saturated carbocycles. The lowest BCUT2D eigenvalue weighted by molar-refractivity contribution is 0.414. The van der Waals surface area contributed by atoms with Gasteiger partial charge in [0.2, 0.25) is 0 Å². The Morgan fingerprint density at radius 2 is 2.00 bits per heavy atom. The van der Waals surface area contributed by atoms with E-state index in [-0.39, 0.29) is 10.6 Å². The summed E-state index contributed by atoms with van der Waals surface area (Å²) in [6.07, 6.45) is 0. The van der Waals surface area contributed by atoms with E-state index in [1.807, 2.05) is 24.3 Å². The van der Waals surface area contributed by atoms with Gasteiger partial charge in [-0.1, -0.05) is 23.7 Å². The van der Waals surface area contributed by atoms with E-state index in [2.05, 4.69) is 9.97 Å². The maximum Gasteiger partial charge on any atom is 0.143 e. The highest BCUT2D eigenvalue weighted by molar-refractivity contribution is 6.34. The first-order valence-electron chi connectivity index (χ1n) is 5.68. The lowest BCUT2D eigenvalue weighted by Gasteiger charge is -2.07. The van der Waals surface area contributed by atoms with Gasteiger partial charge in [-0.2, -0.15) is 0 Å². The summed E-state index contributed by atoms with van der Waals surface area (Å²) in [6, 6.07) is 10.3. The molecule has 0 aliphatic rings. The monoisotopic (exact) mass is 276 g/mol. The minimum atomic E-state index is -0.440. The molecule has 0 spiro atoms. The van der Waals surface area contributed by atoms with Gasteiger partial charge in [-0.25, -0.2) is 9.37 Å². The average molecular weight is 277 g/mol. The van der Waals surface area contributed by atoms with E-state index < -0.39 is 5.82 Å². The number of ether oxygens (including phenoxy) is 1. The number of H-pyrrole nitrogens is 1. The highest BCUT2D eigenvalue weighted by Crippen LogP contribution is 2.36. The second-order valence-electron chi connectivity index (χ2n) is 4.04. The molecule has 0 atom stereocenters. The molecule has 0 aliphatic heterocycles. The van der Waals surface area contributed by atoms with Gasteiger partial charge in [0.25, 0.3) is 0 Å². The number of benzene rings is 2. The van der Waals surface area contributed by atoms with Crippen LogP contribution in [0.15, 0.2) is 36.4 Å². The van der Waals surface area contributed by atoms with Crippen LogP contribution in [0.2, 0.25) is 5.02 Å². The number of aromatic nitrogens is 2. The zero-order chi connectivity index (χ0) is 13.4. The quantitative estimate of drug-likeness (QED) is 0.767. The Kier molecular flexibility index (Phi) is 2.87. The average Bonchev–Trinajstić information content (AvgIpc) is 2.82. The van der Waals surface area contributed by atoms with Crippen LogP contribution in [0, 0.1) is 5.82 Å². The fourth-order valence-electron chi connectivity index (χ4n) is 1.98. The number of methoxy groups -OCH3 is 1. The number of fused-ring (bicyclic) bond motifs is 1. The number of nitrogens with one attached hydrogen (secondary N) is 1. The molecule has 0 bridgehead atoms. The number of halogens is 2. The molecular weight excluding hydrogens is 267 g/mol. The zero-order valence-electron chi connectivity index (χ0n) is 10.1. The van der Waals surface area contributed by atoms with E-state index in [0.717, 1.165) is 11.0 Å². The van der Waals surface area contributed by atoms with Gasteiger partial charge in [0.1, 0.15) is 17.4 Å². The Labute approximate surface area is 114 Å². The third-order valence-electron chi connectivity index (χ3n) is 2.90. The Morgan fingerprint density at radius 3 is 2.74 bits per heavy atom. The van der Waals surface area contributed by atoms with Crippen LogP contribution >= 0.6 is 11.6 Å². The van der Waals surface area contributed by atoms with Crippen molar-refractivity contribution in [3.8, 4) is 17.1 Å². The summed E-state index contributed by atoms with van der Waals surface area (Å²) in [5, 5.41) is 0.210. The molecule has 19 heavy (non-hydrogen) atoms. The van der Waals surface area contributed by atoms with Crippen molar-refractivity contribution >= 4 is 22.6 Å². The smallest absolute Gasteiger partial charge is 0.143 e. The van der Waals surface area contributed by atoms with Crippen molar-refractivity contribution in [2.45, 2.75) is 0 Å². The summed E-state index contributed by atoms with van der Waals surface area (Å²) in [7, 11) is 1.49. The number of nitrogens with zero attached hydrogens (tertiary/aromatic N) is 1. The largest absolute Gasteiger partial charge is 0.495 e. The fourth-order valence-corrected chi connectivity index (χ4v) is 2.30. The molecule has 0 saturated heterocycles. The van der Waals surface area contributed by atoms with Crippen LogP contribution in [-0.2, 0) is 0 Å². The predicted octanol–water partition coefficient (Wildman–Crippen LogP) is 4.03. The van der Waals surface area contributed by atoms with Crippen LogP contribution in [0.4, 0.5) is 4.39 Å². The molecule has 0 fully saturated rings. The van der Waals surface area contributed by atoms with Gasteiger partial charge in [0.15, 0.2) is 0 Å². The SMILES string of the molecule is COc1ccc(F)c(-c2nc3ccccc3[nH]2)c1Cl. The zero-order valence-corrected chi connectivity index (χ0v) is 10.8. The molecule has 0 radical (unpaired) electrons. The molecule has 0 unspecified atom stereocenters. The van der Waals surface area contributed by atoms with Crippen LogP contribution in [0.25, 0.3) is 22.4 Å². The van der Waals surface area contributed by atoms with Gasteiger partial charge in [0, 0.05) is 0 Å². The molecule has 0 amide bonds. The minimum absolute atomic E-state index is 0.210. The maximum absolute atomic E-state index is 14.0. The molecule has 96 valence electrons. The van der Waals surface area contributed by atoms with E-state index in [0.29, 0.717) is 11.6 Å². The molecule has 1 aromatic heterocycles. The van der Waals surface area contributed by atoms with Crippen LogP contribution < -0.4 is 4.74 Å². The fraction of sp³-hybridized carbons (Fsp3) is 0.0714. The number of imidazole rings is 1. The molecule has 1 N–H and O–H groups in total. The summed E-state index contributed by atoms with van der Waals surface area (Å²) >= 11 is 6.15. The third kappa shape index (κ3) is 1.94. The van der Waals surface area contributed by atoms with E-state index in [1.165, 1.54) is 19.2 Å². The molecule has 3 aromatic rings. The number of hydrogen-bond donors (Lipinski definition) is 1. The normalized spacial score (nSPS) is 10.9. The van der Waals surface area contributed by atoms with Crippen molar-refractivity contribution in [1.82, 2.24) is 9.97 Å². The Bertz CT molecular complexity index is 721. The number of rotatable bonds is 2. The third-order valence-corrected chi connectivity index (χ3v) is 3.28. The van der Waals surface area contributed by atoms with Gasteiger partial charge in [-0.3, -0.25) is 0 Å². The van der Waals surface area contributed by atoms with E-state index in [9.17, 15) is 4.39 Å². The second kappa shape index (κ2) is 4.55. The second-order valence-corrected chi connectivity index (χ2v) is 4.42. The summed E-state index contributed by atoms with van der Waals surface area (Å²) in [5.41, 5.74) is 1.81. The van der Waals surface area contributed by atoms with Crippen molar-refractivity contribution in [3.63, 3.8) is 0 Å². The standard InChI is InChI=1S/C14H10ClFN2O/c1-19-11-7-6-8(16)12(13(11)15)14-17-9-4-2-3-5-10(9)18-14/h2-7H,1H3,(H,17,18). The molecular formula is C14H10ClFN2O. The van der Waals surface area contributed by atoms with Crippen LogP contribution in [0.3, 0.4) is 0 Å². The Balaban J connectivity index is 2.26. The predicted molar refractivity (Wildman–Crippen MR) is 73.0 cm³/mol. The molecule has 2 aromatic carbocycles. The molecule has 5 heteroatoms. The van der Waals surface area contributed by atoms with Gasteiger partial charge in [-0.05, 0) is 24.3 Å². The summed E-state index contributed by atoms with van der Waals surface area (Å²) in [5.74, 6) is 0.367. The number of hydrogen-bond acceptors (Lipinski definition) is 2. The minimum Gasteiger partial charge on any atom is -0.495 e. The van der Waals surface area contributed by atoms with Crippen LogP contribution in [-0.4, -0.2) is 17.1 Å². The van der Waals surface area contributed by atoms with Crippen molar-refractivity contribution in [2.24, 2.45) is 0 Å². The van der Waals surface area contributed by atoms with Crippen molar-refractivity contribution < 1.29 is 9.13 Å². The number of aromatic amines is 1. The van der Waals surface area contributed by atoms with Crippen LogP contribution in [0.1, 0.15) is 0 Å². The Hall–Kier alpha value is -2.07.